The largest absolute Gasteiger partial charge is 0.490 e. The Balaban J connectivity index is 2.16. The third-order valence-corrected chi connectivity index (χ3v) is 4.88. The molecule has 2 heterocycles. The summed E-state index contributed by atoms with van der Waals surface area (Å²) < 4.78 is 19.5. The van der Waals surface area contributed by atoms with Crippen molar-refractivity contribution in [3.05, 3.63) is 39.8 Å². The Kier molecular flexibility index (Phi) is 6.46. The number of nitrogens with zero attached hydrogens (tertiary/aromatic N) is 3. The van der Waals surface area contributed by atoms with Crippen LogP contribution in [0.4, 0.5) is 5.95 Å². The highest BCUT2D eigenvalue weighted by Gasteiger charge is 2.35. The fourth-order valence-corrected chi connectivity index (χ4v) is 3.81. The molecule has 156 valence electrons. The maximum atomic E-state index is 13.0. The SMILES string of the molecule is CCOc1cc([C@H]2C(C(=O)OC(C)C)=C(C)Nc3ncnn32)cc(Br)c1OCC. The van der Waals surface area contributed by atoms with Crippen molar-refractivity contribution in [3.8, 4) is 11.5 Å². The quantitative estimate of drug-likeness (QED) is 0.617. The van der Waals surface area contributed by atoms with Gasteiger partial charge in [0, 0.05) is 5.70 Å². The fourth-order valence-electron chi connectivity index (χ4n) is 3.23. The highest BCUT2D eigenvalue weighted by Crippen LogP contribution is 2.42. The van der Waals surface area contributed by atoms with Gasteiger partial charge in [-0.3, -0.25) is 0 Å². The lowest BCUT2D eigenvalue weighted by Gasteiger charge is -2.29. The summed E-state index contributed by atoms with van der Waals surface area (Å²) in [7, 11) is 0. The van der Waals surface area contributed by atoms with Crippen molar-refractivity contribution < 1.29 is 19.0 Å². The summed E-state index contributed by atoms with van der Waals surface area (Å²) in [5, 5.41) is 7.47. The molecule has 0 unspecified atom stereocenters. The van der Waals surface area contributed by atoms with Crippen molar-refractivity contribution in [2.75, 3.05) is 18.5 Å². The number of rotatable bonds is 7. The van der Waals surface area contributed by atoms with Gasteiger partial charge in [-0.1, -0.05) is 0 Å². The van der Waals surface area contributed by atoms with E-state index in [1.165, 1.54) is 6.33 Å². The van der Waals surface area contributed by atoms with Crippen LogP contribution in [0.5, 0.6) is 11.5 Å². The summed E-state index contributed by atoms with van der Waals surface area (Å²) in [4.78, 5) is 17.2. The summed E-state index contributed by atoms with van der Waals surface area (Å²) in [5.74, 6) is 1.36. The lowest BCUT2D eigenvalue weighted by molar-refractivity contribution is -0.143. The van der Waals surface area contributed by atoms with Gasteiger partial charge in [-0.2, -0.15) is 10.1 Å². The number of benzene rings is 1. The molecule has 1 aliphatic rings. The average molecular weight is 465 g/mol. The van der Waals surface area contributed by atoms with E-state index in [-0.39, 0.29) is 6.10 Å². The smallest absolute Gasteiger partial charge is 0.338 e. The number of halogens is 1. The molecular weight excluding hydrogens is 440 g/mol. The maximum absolute atomic E-state index is 13.0. The first kappa shape index (κ1) is 21.2. The average Bonchev–Trinajstić information content (AvgIpc) is 3.10. The molecule has 1 aromatic carbocycles. The van der Waals surface area contributed by atoms with Gasteiger partial charge < -0.3 is 19.5 Å². The van der Waals surface area contributed by atoms with Crippen LogP contribution in [-0.4, -0.2) is 40.1 Å². The van der Waals surface area contributed by atoms with E-state index in [0.717, 1.165) is 10.0 Å². The lowest BCUT2D eigenvalue weighted by Crippen LogP contribution is -2.30. The van der Waals surface area contributed by atoms with E-state index >= 15 is 0 Å². The minimum Gasteiger partial charge on any atom is -0.490 e. The van der Waals surface area contributed by atoms with E-state index in [0.29, 0.717) is 41.9 Å². The number of hydrogen-bond donors (Lipinski definition) is 1. The first-order valence-electron chi connectivity index (χ1n) is 9.54. The number of carbonyl (C=O) groups is 1. The van der Waals surface area contributed by atoms with Gasteiger partial charge in [0.05, 0.1) is 29.4 Å². The molecule has 9 heteroatoms. The second kappa shape index (κ2) is 8.86. The molecule has 2 aromatic rings. The number of allylic oxidation sites excluding steroid dienone is 1. The van der Waals surface area contributed by atoms with Gasteiger partial charge >= 0.3 is 5.97 Å². The molecule has 0 aliphatic carbocycles. The van der Waals surface area contributed by atoms with Gasteiger partial charge in [0.2, 0.25) is 5.95 Å². The molecule has 0 radical (unpaired) electrons. The molecule has 1 aromatic heterocycles. The van der Waals surface area contributed by atoms with E-state index in [4.69, 9.17) is 14.2 Å². The van der Waals surface area contributed by atoms with Crippen molar-refractivity contribution in [3.63, 3.8) is 0 Å². The van der Waals surface area contributed by atoms with Gasteiger partial charge in [0.1, 0.15) is 12.4 Å². The molecule has 1 aliphatic heterocycles. The number of nitrogens with one attached hydrogen (secondary N) is 1. The number of hydrogen-bond acceptors (Lipinski definition) is 7. The Morgan fingerprint density at radius 1 is 1.28 bits per heavy atom. The van der Waals surface area contributed by atoms with Gasteiger partial charge in [0.15, 0.2) is 11.5 Å². The van der Waals surface area contributed by atoms with Crippen LogP contribution in [0.15, 0.2) is 34.2 Å². The fraction of sp³-hybridized carbons (Fsp3) is 0.450. The van der Waals surface area contributed by atoms with Gasteiger partial charge in [0.25, 0.3) is 0 Å². The molecule has 1 N–H and O–H groups in total. The summed E-state index contributed by atoms with van der Waals surface area (Å²) in [6, 6.07) is 3.26. The predicted octanol–water partition coefficient (Wildman–Crippen LogP) is 4.08. The Morgan fingerprint density at radius 3 is 2.66 bits per heavy atom. The first-order chi connectivity index (χ1) is 13.9. The summed E-state index contributed by atoms with van der Waals surface area (Å²) in [5.41, 5.74) is 1.94. The molecule has 1 atom stereocenters. The molecule has 0 saturated heterocycles. The molecule has 8 nitrogen and oxygen atoms in total. The van der Waals surface area contributed by atoms with Crippen molar-refractivity contribution in [1.82, 2.24) is 14.8 Å². The number of esters is 1. The van der Waals surface area contributed by atoms with Crippen molar-refractivity contribution in [2.24, 2.45) is 0 Å². The van der Waals surface area contributed by atoms with Crippen LogP contribution in [0.25, 0.3) is 0 Å². The minimum atomic E-state index is -0.522. The standard InChI is InChI=1S/C20H25BrN4O4/c1-6-27-15-9-13(8-14(21)18(15)28-7-2)17-16(19(26)29-11(3)4)12(5)24-20-22-10-23-25(17)20/h8-11,17H,6-7H2,1-5H3,(H,22,23,24)/t17-/m0/s1. The number of ether oxygens (including phenoxy) is 3. The Hall–Kier alpha value is -2.55. The summed E-state index contributed by atoms with van der Waals surface area (Å²) in [6.45, 7) is 10.3. The van der Waals surface area contributed by atoms with Crippen molar-refractivity contribution in [2.45, 2.75) is 46.8 Å². The van der Waals surface area contributed by atoms with Crippen LogP contribution in [0.3, 0.4) is 0 Å². The number of anilines is 1. The number of aromatic nitrogens is 3. The predicted molar refractivity (Wildman–Crippen MR) is 112 cm³/mol. The highest BCUT2D eigenvalue weighted by atomic mass is 79.9. The second-order valence-corrected chi connectivity index (χ2v) is 7.60. The van der Waals surface area contributed by atoms with Crippen LogP contribution < -0.4 is 14.8 Å². The maximum Gasteiger partial charge on any atom is 0.338 e. The Bertz CT molecular complexity index is 939. The molecule has 3 rings (SSSR count). The lowest BCUT2D eigenvalue weighted by atomic mass is 9.95. The zero-order valence-corrected chi connectivity index (χ0v) is 18.7. The molecule has 29 heavy (non-hydrogen) atoms. The molecule has 0 fully saturated rings. The number of fused-ring (bicyclic) bond motifs is 1. The van der Waals surface area contributed by atoms with Crippen LogP contribution in [0, 0.1) is 0 Å². The van der Waals surface area contributed by atoms with E-state index in [9.17, 15) is 4.79 Å². The van der Waals surface area contributed by atoms with Gasteiger partial charge in [-0.15, -0.1) is 0 Å². The van der Waals surface area contributed by atoms with E-state index in [1.807, 2.05) is 46.8 Å². The molecular formula is C20H25BrN4O4. The van der Waals surface area contributed by atoms with Crippen LogP contribution >= 0.6 is 15.9 Å². The Labute approximate surface area is 178 Å². The normalized spacial score (nSPS) is 15.8. The van der Waals surface area contributed by atoms with E-state index in [1.54, 1.807) is 4.68 Å². The summed E-state index contributed by atoms with van der Waals surface area (Å²) >= 11 is 3.58. The third-order valence-electron chi connectivity index (χ3n) is 4.29. The second-order valence-electron chi connectivity index (χ2n) is 6.74. The molecule has 0 spiro atoms. The van der Waals surface area contributed by atoms with Crippen LogP contribution in [0.1, 0.15) is 46.2 Å². The molecule has 0 amide bonds. The minimum absolute atomic E-state index is 0.244. The van der Waals surface area contributed by atoms with Crippen molar-refractivity contribution >= 4 is 27.8 Å². The highest BCUT2D eigenvalue weighted by molar-refractivity contribution is 9.10. The molecule has 0 bridgehead atoms. The molecule has 0 saturated carbocycles. The summed E-state index contributed by atoms with van der Waals surface area (Å²) in [6.07, 6.45) is 1.21. The third kappa shape index (κ3) is 4.24. The van der Waals surface area contributed by atoms with E-state index < -0.39 is 12.0 Å². The van der Waals surface area contributed by atoms with Gasteiger partial charge in [-0.25, -0.2) is 9.48 Å². The van der Waals surface area contributed by atoms with Gasteiger partial charge in [-0.05, 0) is 68.2 Å². The topological polar surface area (TPSA) is 87.5 Å². The first-order valence-corrected chi connectivity index (χ1v) is 10.3. The Morgan fingerprint density at radius 2 is 2.00 bits per heavy atom. The van der Waals surface area contributed by atoms with E-state index in [2.05, 4.69) is 31.3 Å². The zero-order valence-electron chi connectivity index (χ0n) is 17.2. The zero-order chi connectivity index (χ0) is 21.1. The van der Waals surface area contributed by atoms with Crippen LogP contribution in [-0.2, 0) is 9.53 Å². The van der Waals surface area contributed by atoms with Crippen LogP contribution in [0.2, 0.25) is 0 Å². The number of carbonyl (C=O) groups excluding carboxylic acids is 1. The van der Waals surface area contributed by atoms with Crippen molar-refractivity contribution in [1.29, 1.82) is 0 Å². The monoisotopic (exact) mass is 464 g/mol.